The standard InChI is InChI=1S/C21H35N5O/c1-5-22-21(24-15-18-11-13-26(6-2)16-18)23-12-10-17-8-7-9-19(14-17)20(27)25(3)4/h7-9,14,18H,5-6,10-13,15-16H2,1-4H3,(H2,22,23,24). The van der Waals surface area contributed by atoms with Crippen LogP contribution < -0.4 is 10.6 Å². The van der Waals surface area contributed by atoms with Crippen LogP contribution in [0.2, 0.25) is 0 Å². The molecular formula is C21H35N5O. The van der Waals surface area contributed by atoms with Crippen molar-refractivity contribution in [2.75, 3.05) is 53.4 Å². The largest absolute Gasteiger partial charge is 0.357 e. The summed E-state index contributed by atoms with van der Waals surface area (Å²) in [5.74, 6) is 1.58. The molecule has 2 rings (SSSR count). The van der Waals surface area contributed by atoms with E-state index < -0.39 is 0 Å². The van der Waals surface area contributed by atoms with Crippen molar-refractivity contribution >= 4 is 11.9 Å². The Hall–Kier alpha value is -2.08. The second-order valence-electron chi connectivity index (χ2n) is 7.34. The summed E-state index contributed by atoms with van der Waals surface area (Å²) in [5, 5.41) is 6.75. The molecule has 0 radical (unpaired) electrons. The van der Waals surface area contributed by atoms with Gasteiger partial charge >= 0.3 is 0 Å². The zero-order valence-electron chi connectivity index (χ0n) is 17.3. The lowest BCUT2D eigenvalue weighted by atomic mass is 10.1. The summed E-state index contributed by atoms with van der Waals surface area (Å²) in [6.07, 6.45) is 2.09. The van der Waals surface area contributed by atoms with Gasteiger partial charge in [-0.3, -0.25) is 9.79 Å². The van der Waals surface area contributed by atoms with E-state index in [9.17, 15) is 4.79 Å². The molecule has 0 saturated carbocycles. The van der Waals surface area contributed by atoms with E-state index >= 15 is 0 Å². The molecule has 1 amide bonds. The van der Waals surface area contributed by atoms with Crippen LogP contribution in [0.5, 0.6) is 0 Å². The molecule has 1 aromatic carbocycles. The van der Waals surface area contributed by atoms with Gasteiger partial charge in [0.1, 0.15) is 0 Å². The fourth-order valence-corrected chi connectivity index (χ4v) is 3.35. The van der Waals surface area contributed by atoms with Crippen LogP contribution in [-0.4, -0.2) is 75.0 Å². The first-order valence-corrected chi connectivity index (χ1v) is 10.1. The van der Waals surface area contributed by atoms with Gasteiger partial charge in [-0.15, -0.1) is 0 Å². The number of carbonyl (C=O) groups excluding carboxylic acids is 1. The summed E-state index contributed by atoms with van der Waals surface area (Å²) < 4.78 is 0. The Morgan fingerprint density at radius 1 is 1.30 bits per heavy atom. The molecule has 0 aromatic heterocycles. The van der Waals surface area contributed by atoms with Gasteiger partial charge in [0, 0.05) is 45.8 Å². The van der Waals surface area contributed by atoms with Gasteiger partial charge in [-0.2, -0.15) is 0 Å². The number of carbonyl (C=O) groups is 1. The molecule has 0 spiro atoms. The smallest absolute Gasteiger partial charge is 0.253 e. The number of guanidine groups is 1. The van der Waals surface area contributed by atoms with E-state index in [-0.39, 0.29) is 5.91 Å². The normalized spacial score (nSPS) is 17.8. The molecule has 1 atom stereocenters. The zero-order valence-corrected chi connectivity index (χ0v) is 17.3. The molecule has 1 fully saturated rings. The maximum atomic E-state index is 12.1. The second-order valence-corrected chi connectivity index (χ2v) is 7.34. The number of benzene rings is 1. The quantitative estimate of drug-likeness (QED) is 0.539. The Bertz CT molecular complexity index is 629. The zero-order chi connectivity index (χ0) is 19.6. The number of nitrogens with zero attached hydrogens (tertiary/aromatic N) is 3. The van der Waals surface area contributed by atoms with Gasteiger partial charge in [0.15, 0.2) is 5.96 Å². The number of rotatable bonds is 8. The summed E-state index contributed by atoms with van der Waals surface area (Å²) in [4.78, 5) is 21.0. The minimum atomic E-state index is 0.0393. The highest BCUT2D eigenvalue weighted by Crippen LogP contribution is 2.15. The van der Waals surface area contributed by atoms with Gasteiger partial charge in [-0.25, -0.2) is 0 Å². The third-order valence-corrected chi connectivity index (χ3v) is 4.96. The highest BCUT2D eigenvalue weighted by Gasteiger charge is 2.20. The van der Waals surface area contributed by atoms with E-state index in [1.165, 1.54) is 13.0 Å². The minimum Gasteiger partial charge on any atom is -0.357 e. The van der Waals surface area contributed by atoms with E-state index in [2.05, 4.69) is 35.4 Å². The maximum Gasteiger partial charge on any atom is 0.253 e. The topological polar surface area (TPSA) is 60.0 Å². The van der Waals surface area contributed by atoms with Crippen LogP contribution in [0.25, 0.3) is 0 Å². The number of hydrogen-bond donors (Lipinski definition) is 2. The van der Waals surface area contributed by atoms with Gasteiger partial charge in [-0.05, 0) is 56.5 Å². The Labute approximate surface area is 164 Å². The van der Waals surface area contributed by atoms with E-state index in [1.54, 1.807) is 19.0 Å². The first kappa shape index (κ1) is 21.2. The van der Waals surface area contributed by atoms with Crippen molar-refractivity contribution in [1.82, 2.24) is 20.4 Å². The number of aliphatic imine (C=N–C) groups is 1. The molecule has 1 heterocycles. The fraction of sp³-hybridized carbons (Fsp3) is 0.619. The second kappa shape index (κ2) is 10.9. The van der Waals surface area contributed by atoms with Crippen molar-refractivity contribution in [2.24, 2.45) is 10.9 Å². The van der Waals surface area contributed by atoms with Crippen molar-refractivity contribution in [3.05, 3.63) is 35.4 Å². The van der Waals surface area contributed by atoms with Crippen molar-refractivity contribution in [3.8, 4) is 0 Å². The van der Waals surface area contributed by atoms with Crippen LogP contribution >= 0.6 is 0 Å². The van der Waals surface area contributed by atoms with E-state index in [1.807, 2.05) is 18.2 Å². The average Bonchev–Trinajstić information content (AvgIpc) is 3.13. The molecule has 1 aliphatic rings. The monoisotopic (exact) mass is 373 g/mol. The van der Waals surface area contributed by atoms with Crippen molar-refractivity contribution in [3.63, 3.8) is 0 Å². The van der Waals surface area contributed by atoms with Gasteiger partial charge in [-0.1, -0.05) is 19.1 Å². The summed E-state index contributed by atoms with van der Waals surface area (Å²) in [6.45, 7) is 10.3. The van der Waals surface area contributed by atoms with Crippen LogP contribution in [0.3, 0.4) is 0 Å². The van der Waals surface area contributed by atoms with Crippen molar-refractivity contribution in [2.45, 2.75) is 26.7 Å². The highest BCUT2D eigenvalue weighted by molar-refractivity contribution is 5.94. The van der Waals surface area contributed by atoms with Gasteiger partial charge in [0.05, 0.1) is 0 Å². The third-order valence-electron chi connectivity index (χ3n) is 4.96. The van der Waals surface area contributed by atoms with Gasteiger partial charge < -0.3 is 20.4 Å². The van der Waals surface area contributed by atoms with E-state index in [0.29, 0.717) is 5.92 Å². The number of hydrogen-bond acceptors (Lipinski definition) is 3. The average molecular weight is 374 g/mol. The first-order chi connectivity index (χ1) is 13.0. The molecule has 1 aromatic rings. The lowest BCUT2D eigenvalue weighted by Crippen LogP contribution is -2.38. The summed E-state index contributed by atoms with van der Waals surface area (Å²) in [6, 6.07) is 7.86. The molecule has 27 heavy (non-hydrogen) atoms. The number of nitrogens with one attached hydrogen (secondary N) is 2. The molecule has 6 heteroatoms. The molecule has 1 aliphatic heterocycles. The number of amides is 1. The molecule has 1 saturated heterocycles. The van der Waals surface area contributed by atoms with Crippen LogP contribution in [0, 0.1) is 5.92 Å². The van der Waals surface area contributed by atoms with E-state index in [0.717, 1.165) is 56.2 Å². The highest BCUT2D eigenvalue weighted by atomic mass is 16.2. The molecule has 2 N–H and O–H groups in total. The van der Waals surface area contributed by atoms with Crippen LogP contribution in [0.1, 0.15) is 36.2 Å². The predicted molar refractivity (Wildman–Crippen MR) is 112 cm³/mol. The first-order valence-electron chi connectivity index (χ1n) is 10.1. The summed E-state index contributed by atoms with van der Waals surface area (Å²) >= 11 is 0. The Kier molecular flexibility index (Phi) is 8.58. The summed E-state index contributed by atoms with van der Waals surface area (Å²) in [5.41, 5.74) is 1.89. The summed E-state index contributed by atoms with van der Waals surface area (Å²) in [7, 11) is 3.56. The third kappa shape index (κ3) is 6.86. The molecule has 150 valence electrons. The minimum absolute atomic E-state index is 0.0393. The van der Waals surface area contributed by atoms with Crippen molar-refractivity contribution < 1.29 is 4.79 Å². The van der Waals surface area contributed by atoms with Crippen molar-refractivity contribution in [1.29, 1.82) is 0 Å². The molecule has 1 unspecified atom stereocenters. The maximum absolute atomic E-state index is 12.1. The predicted octanol–water partition coefficient (Wildman–Crippen LogP) is 1.83. The lowest BCUT2D eigenvalue weighted by molar-refractivity contribution is 0.0827. The SMILES string of the molecule is CCNC(=NCC1CCN(CC)C1)NCCc1cccc(C(=O)N(C)C)c1. The Balaban J connectivity index is 1.84. The Morgan fingerprint density at radius 2 is 2.11 bits per heavy atom. The van der Waals surface area contributed by atoms with Gasteiger partial charge in [0.25, 0.3) is 5.91 Å². The molecular weight excluding hydrogens is 338 g/mol. The van der Waals surface area contributed by atoms with Crippen LogP contribution in [0.15, 0.2) is 29.3 Å². The molecule has 0 bridgehead atoms. The van der Waals surface area contributed by atoms with Crippen LogP contribution in [0.4, 0.5) is 0 Å². The van der Waals surface area contributed by atoms with Crippen LogP contribution in [-0.2, 0) is 6.42 Å². The molecule has 6 nitrogen and oxygen atoms in total. The lowest BCUT2D eigenvalue weighted by Gasteiger charge is -2.14. The van der Waals surface area contributed by atoms with E-state index in [4.69, 9.17) is 4.99 Å². The molecule has 0 aliphatic carbocycles. The van der Waals surface area contributed by atoms with Gasteiger partial charge in [0.2, 0.25) is 0 Å². The Morgan fingerprint density at radius 3 is 2.78 bits per heavy atom. The number of likely N-dealkylation sites (tertiary alicyclic amines) is 1. The fourth-order valence-electron chi connectivity index (χ4n) is 3.35.